The smallest absolute Gasteiger partial charge is 1.00 e. The largest absolute Gasteiger partial charge is 2.00 e. The number of aryl methyl sites for hydroxylation is 1. The van der Waals surface area contributed by atoms with Crippen LogP contribution in [0.15, 0.2) is 24.4 Å². The summed E-state index contributed by atoms with van der Waals surface area (Å²) in [5.74, 6) is 0. The Morgan fingerprint density at radius 2 is 1.92 bits per heavy atom. The molecule has 0 aliphatic rings. The number of pyridine rings is 1. The Morgan fingerprint density at radius 3 is 2.38 bits per heavy atom. The predicted molar refractivity (Wildman–Crippen MR) is 42.8 cm³/mol. The van der Waals surface area contributed by atoms with Crippen LogP contribution in [0.3, 0.4) is 0 Å². The van der Waals surface area contributed by atoms with Crippen LogP contribution in [0.4, 0.5) is 0 Å². The van der Waals surface area contributed by atoms with E-state index in [9.17, 15) is 0 Å². The van der Waals surface area contributed by atoms with Gasteiger partial charge in [0.15, 0.2) is 0 Å². The topological polar surface area (TPSA) is 12.9 Å². The monoisotopic (exact) mass is 269 g/mol. The molecule has 0 radical (unpaired) electrons. The van der Waals surface area contributed by atoms with Crippen molar-refractivity contribution in [2.45, 2.75) is 26.2 Å². The van der Waals surface area contributed by atoms with Crippen LogP contribution >= 0.6 is 0 Å². The minimum Gasteiger partial charge on any atom is -1.00 e. The molecule has 1 aromatic rings. The first-order valence-corrected chi connectivity index (χ1v) is 3.83. The number of hydrogen-bond donors (Lipinski definition) is 0. The zero-order valence-electron chi connectivity index (χ0n) is 7.84. The molecule has 1 nitrogen and oxygen atoms in total. The molecule has 0 saturated carbocycles. The second kappa shape index (κ2) is 12.4. The Labute approximate surface area is 105 Å². The Hall–Kier alpha value is 0.353. The molecular weight excluding hydrogens is 258 g/mol. The number of aromatic nitrogens is 1. The Bertz CT molecular complexity index is 182. The van der Waals surface area contributed by atoms with E-state index in [2.05, 4.69) is 18.0 Å². The number of hydrogen-bond acceptors (Lipinski definition) is 1. The van der Waals surface area contributed by atoms with Crippen LogP contribution in [0.5, 0.6) is 0 Å². The van der Waals surface area contributed by atoms with E-state index in [-0.39, 0.29) is 44.3 Å². The molecule has 0 bridgehead atoms. The molecule has 0 spiro atoms. The SMILES string of the molecule is CCCCc1ccccn1.[Cl-].[Cl-].[Zn+2]. The molecule has 0 N–H and O–H groups in total. The fourth-order valence-corrected chi connectivity index (χ4v) is 0.904. The van der Waals surface area contributed by atoms with Gasteiger partial charge in [-0.3, -0.25) is 4.98 Å². The Morgan fingerprint density at radius 1 is 1.23 bits per heavy atom. The molecular formula is C9H13Cl2NZn. The standard InChI is InChI=1S/C9H13N.2ClH.Zn/c1-2-3-6-9-7-4-5-8-10-9;;;/h4-5,7-8H,2-3,6H2,1H3;2*1H;/q;;;+2/p-2. The van der Waals surface area contributed by atoms with Crippen molar-refractivity contribution in [1.82, 2.24) is 4.98 Å². The summed E-state index contributed by atoms with van der Waals surface area (Å²) in [5.41, 5.74) is 1.21. The van der Waals surface area contributed by atoms with Crippen molar-refractivity contribution in [3.63, 3.8) is 0 Å². The molecule has 1 aromatic heterocycles. The maximum atomic E-state index is 4.22. The molecule has 0 fully saturated rings. The quantitative estimate of drug-likeness (QED) is 0.519. The Kier molecular flexibility index (Phi) is 18.1. The first-order chi connectivity index (χ1) is 4.93. The summed E-state index contributed by atoms with van der Waals surface area (Å²) in [6.07, 6.45) is 5.47. The Balaban J connectivity index is -0.000000333. The van der Waals surface area contributed by atoms with Gasteiger partial charge in [-0.1, -0.05) is 19.4 Å². The van der Waals surface area contributed by atoms with Gasteiger partial charge in [-0.15, -0.1) is 0 Å². The first kappa shape index (κ1) is 19.0. The van der Waals surface area contributed by atoms with Gasteiger partial charge in [-0.05, 0) is 25.0 Å². The minimum atomic E-state index is 0. The average molecular weight is 272 g/mol. The molecule has 0 aliphatic heterocycles. The van der Waals surface area contributed by atoms with E-state index in [0.29, 0.717) is 0 Å². The molecule has 0 unspecified atom stereocenters. The maximum Gasteiger partial charge on any atom is 2.00 e. The van der Waals surface area contributed by atoms with Gasteiger partial charge in [0.25, 0.3) is 0 Å². The van der Waals surface area contributed by atoms with Crippen LogP contribution in [0.2, 0.25) is 0 Å². The average Bonchev–Trinajstić information content (AvgIpc) is 2.03. The van der Waals surface area contributed by atoms with Crippen LogP contribution < -0.4 is 24.8 Å². The number of halogens is 2. The van der Waals surface area contributed by atoms with Gasteiger partial charge in [-0.25, -0.2) is 0 Å². The minimum absolute atomic E-state index is 0. The third-order valence-corrected chi connectivity index (χ3v) is 1.51. The summed E-state index contributed by atoms with van der Waals surface area (Å²) in [4.78, 5) is 4.22. The molecule has 0 aliphatic carbocycles. The normalized spacial score (nSPS) is 7.46. The van der Waals surface area contributed by atoms with E-state index in [1.807, 2.05) is 18.3 Å². The molecule has 0 saturated heterocycles. The van der Waals surface area contributed by atoms with Gasteiger partial charge in [0, 0.05) is 11.9 Å². The van der Waals surface area contributed by atoms with Gasteiger partial charge < -0.3 is 24.8 Å². The van der Waals surface area contributed by atoms with Gasteiger partial charge in [0.2, 0.25) is 0 Å². The van der Waals surface area contributed by atoms with Crippen molar-refractivity contribution >= 4 is 0 Å². The summed E-state index contributed by atoms with van der Waals surface area (Å²) in [7, 11) is 0. The van der Waals surface area contributed by atoms with Crippen LogP contribution in [0, 0.1) is 0 Å². The van der Waals surface area contributed by atoms with Gasteiger partial charge in [-0.2, -0.15) is 0 Å². The molecule has 1 heterocycles. The number of rotatable bonds is 3. The van der Waals surface area contributed by atoms with E-state index in [1.54, 1.807) is 0 Å². The van der Waals surface area contributed by atoms with Crippen LogP contribution in [0.25, 0.3) is 0 Å². The van der Waals surface area contributed by atoms with E-state index in [0.717, 1.165) is 6.42 Å². The van der Waals surface area contributed by atoms with Gasteiger partial charge in [0.1, 0.15) is 0 Å². The fourth-order valence-electron chi connectivity index (χ4n) is 0.904. The maximum absolute atomic E-state index is 4.22. The first-order valence-electron chi connectivity index (χ1n) is 3.83. The van der Waals surface area contributed by atoms with Crippen molar-refractivity contribution in [1.29, 1.82) is 0 Å². The van der Waals surface area contributed by atoms with Crippen molar-refractivity contribution in [2.75, 3.05) is 0 Å². The fraction of sp³-hybridized carbons (Fsp3) is 0.444. The molecule has 13 heavy (non-hydrogen) atoms. The van der Waals surface area contributed by atoms with Gasteiger partial charge in [0.05, 0.1) is 0 Å². The third kappa shape index (κ3) is 8.68. The molecule has 4 heteroatoms. The molecule has 1 rings (SSSR count). The van der Waals surface area contributed by atoms with Crippen molar-refractivity contribution in [3.8, 4) is 0 Å². The van der Waals surface area contributed by atoms with E-state index in [1.165, 1.54) is 18.5 Å². The van der Waals surface area contributed by atoms with Crippen LogP contribution in [-0.2, 0) is 25.9 Å². The summed E-state index contributed by atoms with van der Waals surface area (Å²) in [6, 6.07) is 6.07. The third-order valence-electron chi connectivity index (χ3n) is 1.51. The van der Waals surface area contributed by atoms with E-state index in [4.69, 9.17) is 0 Å². The van der Waals surface area contributed by atoms with Crippen LogP contribution in [0.1, 0.15) is 25.5 Å². The van der Waals surface area contributed by atoms with Crippen LogP contribution in [-0.4, -0.2) is 4.98 Å². The summed E-state index contributed by atoms with van der Waals surface area (Å²) >= 11 is 0. The zero-order valence-corrected chi connectivity index (χ0v) is 12.3. The zero-order chi connectivity index (χ0) is 7.23. The summed E-state index contributed by atoms with van der Waals surface area (Å²) in [6.45, 7) is 2.20. The second-order valence-electron chi connectivity index (χ2n) is 2.42. The van der Waals surface area contributed by atoms with Crippen molar-refractivity contribution < 1.29 is 44.3 Å². The van der Waals surface area contributed by atoms with E-state index >= 15 is 0 Å². The molecule has 0 amide bonds. The molecule has 0 aromatic carbocycles. The van der Waals surface area contributed by atoms with Gasteiger partial charge >= 0.3 is 19.5 Å². The van der Waals surface area contributed by atoms with E-state index < -0.39 is 0 Å². The summed E-state index contributed by atoms with van der Waals surface area (Å²) < 4.78 is 0. The van der Waals surface area contributed by atoms with Crippen molar-refractivity contribution in [2.24, 2.45) is 0 Å². The van der Waals surface area contributed by atoms with Crippen molar-refractivity contribution in [3.05, 3.63) is 30.1 Å². The summed E-state index contributed by atoms with van der Waals surface area (Å²) in [5, 5.41) is 0. The predicted octanol–water partition coefficient (Wildman–Crippen LogP) is -3.57. The molecule has 70 valence electrons. The number of nitrogens with zero attached hydrogens (tertiary/aromatic N) is 1. The molecule has 0 atom stereocenters. The second-order valence-corrected chi connectivity index (χ2v) is 2.42. The number of unbranched alkanes of at least 4 members (excludes halogenated alkanes) is 1.